The van der Waals surface area contributed by atoms with E-state index in [1.165, 1.54) is 0 Å². The SMILES string of the molecule is CC.CC.CC.CN(CCCl)P1(=O)NCCCO1. The third-order valence-corrected chi connectivity index (χ3v) is 4.18. The van der Waals surface area contributed by atoms with E-state index >= 15 is 0 Å². The van der Waals surface area contributed by atoms with Gasteiger partial charge in [-0.1, -0.05) is 41.5 Å². The Bertz CT molecular complexity index is 185. The van der Waals surface area contributed by atoms with E-state index < -0.39 is 7.67 Å². The van der Waals surface area contributed by atoms with Crippen LogP contribution in [-0.2, 0) is 9.09 Å². The van der Waals surface area contributed by atoms with Crippen molar-refractivity contribution in [3.63, 3.8) is 0 Å². The molecule has 1 saturated heterocycles. The van der Waals surface area contributed by atoms with Crippen molar-refractivity contribution >= 4 is 19.3 Å². The third kappa shape index (κ3) is 10.3. The van der Waals surface area contributed by atoms with Crippen LogP contribution in [0.25, 0.3) is 0 Å². The van der Waals surface area contributed by atoms with Crippen LogP contribution < -0.4 is 5.09 Å². The van der Waals surface area contributed by atoms with E-state index in [0.29, 0.717) is 19.0 Å². The van der Waals surface area contributed by atoms with E-state index in [9.17, 15) is 4.57 Å². The van der Waals surface area contributed by atoms with Gasteiger partial charge in [-0.15, -0.1) is 11.6 Å². The van der Waals surface area contributed by atoms with Gasteiger partial charge in [0.05, 0.1) is 6.61 Å². The maximum Gasteiger partial charge on any atom is 0.343 e. The van der Waals surface area contributed by atoms with Crippen LogP contribution in [0.2, 0.25) is 0 Å². The van der Waals surface area contributed by atoms with Gasteiger partial charge >= 0.3 is 7.67 Å². The molecule has 1 aliphatic heterocycles. The topological polar surface area (TPSA) is 41.6 Å². The van der Waals surface area contributed by atoms with Gasteiger partial charge in [0, 0.05) is 19.0 Å². The Morgan fingerprint density at radius 2 is 1.72 bits per heavy atom. The Hall–Kier alpha value is 0.400. The number of halogens is 1. The summed E-state index contributed by atoms with van der Waals surface area (Å²) in [5.41, 5.74) is 0. The molecular formula is C12H32ClN2O2P. The first-order valence-electron chi connectivity index (χ1n) is 6.96. The molecular weight excluding hydrogens is 271 g/mol. The van der Waals surface area contributed by atoms with Crippen molar-refractivity contribution in [2.45, 2.75) is 48.0 Å². The summed E-state index contributed by atoms with van der Waals surface area (Å²) in [6.07, 6.45) is 0.915. The van der Waals surface area contributed by atoms with Crippen LogP contribution in [0.4, 0.5) is 0 Å². The molecule has 4 nitrogen and oxygen atoms in total. The molecule has 0 aliphatic carbocycles. The number of hydrogen-bond acceptors (Lipinski definition) is 2. The summed E-state index contributed by atoms with van der Waals surface area (Å²) in [5.74, 6) is 0.464. The van der Waals surface area contributed by atoms with Crippen LogP contribution in [0.1, 0.15) is 48.0 Å². The second kappa shape index (κ2) is 17.4. The Labute approximate surface area is 119 Å². The van der Waals surface area contributed by atoms with Gasteiger partial charge < -0.3 is 4.52 Å². The fourth-order valence-electron chi connectivity index (χ4n) is 1.000. The minimum Gasteiger partial charge on any atom is -0.306 e. The predicted molar refractivity (Wildman–Crippen MR) is 83.6 cm³/mol. The molecule has 0 bridgehead atoms. The molecule has 1 atom stereocenters. The van der Waals surface area contributed by atoms with E-state index in [-0.39, 0.29) is 0 Å². The number of rotatable bonds is 3. The van der Waals surface area contributed by atoms with Crippen LogP contribution in [0, 0.1) is 0 Å². The van der Waals surface area contributed by atoms with Gasteiger partial charge in [0.1, 0.15) is 0 Å². The first kappa shape index (κ1) is 23.5. The van der Waals surface area contributed by atoms with Gasteiger partial charge in [0.25, 0.3) is 0 Å². The van der Waals surface area contributed by atoms with Crippen LogP contribution in [0.3, 0.4) is 0 Å². The molecule has 1 fully saturated rings. The van der Waals surface area contributed by atoms with Crippen molar-refractivity contribution in [1.29, 1.82) is 0 Å². The molecule has 1 unspecified atom stereocenters. The lowest BCUT2D eigenvalue weighted by Gasteiger charge is -2.30. The highest BCUT2D eigenvalue weighted by Gasteiger charge is 2.30. The summed E-state index contributed by atoms with van der Waals surface area (Å²) in [4.78, 5) is 0. The first-order chi connectivity index (χ1) is 8.69. The van der Waals surface area contributed by atoms with Gasteiger partial charge in [-0.2, -0.15) is 0 Å². The summed E-state index contributed by atoms with van der Waals surface area (Å²) in [5, 5.41) is 2.88. The summed E-state index contributed by atoms with van der Waals surface area (Å²) in [6, 6.07) is 0. The lowest BCUT2D eigenvalue weighted by Crippen LogP contribution is -2.32. The molecule has 1 rings (SSSR count). The zero-order valence-electron chi connectivity index (χ0n) is 13.1. The van der Waals surface area contributed by atoms with Gasteiger partial charge in [-0.25, -0.2) is 9.76 Å². The van der Waals surface area contributed by atoms with Gasteiger partial charge in [-0.3, -0.25) is 4.57 Å². The number of alkyl halides is 1. The van der Waals surface area contributed by atoms with E-state index in [4.69, 9.17) is 16.1 Å². The maximum absolute atomic E-state index is 11.9. The normalized spacial score (nSPS) is 21.6. The van der Waals surface area contributed by atoms with E-state index in [1.807, 2.05) is 41.5 Å². The van der Waals surface area contributed by atoms with Crippen molar-refractivity contribution in [3.8, 4) is 0 Å². The largest absolute Gasteiger partial charge is 0.343 e. The highest BCUT2D eigenvalue weighted by atomic mass is 35.5. The molecule has 0 aromatic heterocycles. The molecule has 0 amide bonds. The predicted octanol–water partition coefficient (Wildman–Crippen LogP) is 4.35. The smallest absolute Gasteiger partial charge is 0.306 e. The van der Waals surface area contributed by atoms with Gasteiger partial charge in [-0.05, 0) is 13.5 Å². The van der Waals surface area contributed by atoms with Crippen LogP contribution in [-0.4, -0.2) is 37.3 Å². The summed E-state index contributed by atoms with van der Waals surface area (Å²) < 4.78 is 18.7. The second-order valence-electron chi connectivity index (χ2n) is 2.69. The fourth-order valence-corrected chi connectivity index (χ4v) is 3.08. The molecule has 0 radical (unpaired) electrons. The Balaban J connectivity index is -0.000000328. The Morgan fingerprint density at radius 1 is 1.22 bits per heavy atom. The van der Waals surface area contributed by atoms with Crippen molar-refractivity contribution in [1.82, 2.24) is 9.76 Å². The van der Waals surface area contributed by atoms with Crippen LogP contribution >= 0.6 is 19.3 Å². The van der Waals surface area contributed by atoms with Crippen LogP contribution in [0.15, 0.2) is 0 Å². The average Bonchev–Trinajstić information content (AvgIpc) is 2.46. The lowest BCUT2D eigenvalue weighted by atomic mass is 10.5. The summed E-state index contributed by atoms with van der Waals surface area (Å²) in [6.45, 7) is 13.9. The number of nitrogens with zero attached hydrogens (tertiary/aromatic N) is 1. The standard InChI is InChI=1S/C6H14ClN2O2P.3C2H6/c1-9(5-3-7)12(10)8-4-2-6-11-12;3*1-2/h2-6H2,1H3,(H,8,10);3*1-2H3. The minimum absolute atomic E-state index is 0.464. The molecule has 0 aromatic carbocycles. The maximum atomic E-state index is 11.9. The first-order valence-corrected chi connectivity index (χ1v) is 9.07. The second-order valence-corrected chi connectivity index (χ2v) is 5.36. The number of nitrogens with one attached hydrogen (secondary N) is 1. The van der Waals surface area contributed by atoms with Crippen LogP contribution in [0.5, 0.6) is 0 Å². The molecule has 0 aromatic rings. The molecule has 1 heterocycles. The van der Waals surface area contributed by atoms with E-state index in [1.54, 1.807) is 11.7 Å². The molecule has 18 heavy (non-hydrogen) atoms. The zero-order valence-corrected chi connectivity index (χ0v) is 14.8. The van der Waals surface area contributed by atoms with E-state index in [2.05, 4.69) is 5.09 Å². The highest BCUT2D eigenvalue weighted by Crippen LogP contribution is 2.46. The molecule has 114 valence electrons. The fraction of sp³-hybridized carbons (Fsp3) is 1.00. The van der Waals surface area contributed by atoms with Crippen molar-refractivity contribution in [3.05, 3.63) is 0 Å². The Morgan fingerprint density at radius 3 is 2.06 bits per heavy atom. The summed E-state index contributed by atoms with van der Waals surface area (Å²) in [7, 11) is -0.971. The third-order valence-electron chi connectivity index (χ3n) is 1.76. The van der Waals surface area contributed by atoms with Gasteiger partial charge in [0.15, 0.2) is 0 Å². The Kier molecular flexibility index (Phi) is 22.7. The van der Waals surface area contributed by atoms with Gasteiger partial charge in [0.2, 0.25) is 0 Å². The van der Waals surface area contributed by atoms with Crippen molar-refractivity contribution in [2.75, 3.05) is 32.6 Å². The van der Waals surface area contributed by atoms with E-state index in [0.717, 1.165) is 13.0 Å². The molecule has 6 heteroatoms. The monoisotopic (exact) mass is 302 g/mol. The highest BCUT2D eigenvalue weighted by molar-refractivity contribution is 7.54. The molecule has 0 spiro atoms. The molecule has 1 N–H and O–H groups in total. The lowest BCUT2D eigenvalue weighted by molar-refractivity contribution is 0.240. The average molecular weight is 303 g/mol. The van der Waals surface area contributed by atoms with Crippen molar-refractivity contribution < 1.29 is 9.09 Å². The quantitative estimate of drug-likeness (QED) is 0.621. The number of hydrogen-bond donors (Lipinski definition) is 1. The molecule has 0 saturated carbocycles. The minimum atomic E-state index is -2.72. The zero-order chi connectivity index (χ0) is 15.0. The molecule has 1 aliphatic rings. The summed E-state index contributed by atoms with van der Waals surface area (Å²) >= 11 is 5.53. The van der Waals surface area contributed by atoms with Crippen molar-refractivity contribution in [2.24, 2.45) is 0 Å².